The van der Waals surface area contributed by atoms with E-state index in [9.17, 15) is 0 Å². The minimum atomic E-state index is -0.247. The maximum Gasteiger partial charge on any atom is 0.119 e. The second-order valence-corrected chi connectivity index (χ2v) is 5.25. The maximum absolute atomic E-state index is 6.47. The molecule has 0 aromatic heterocycles. The van der Waals surface area contributed by atoms with E-state index in [-0.39, 0.29) is 5.60 Å². The Kier molecular flexibility index (Phi) is 3.39. The quantitative estimate of drug-likeness (QED) is 0.780. The fraction of sp³-hybridized carbons (Fsp3) is 0.333. The predicted octanol–water partition coefficient (Wildman–Crippen LogP) is 4.52. The smallest absolute Gasteiger partial charge is 0.119 e. The highest BCUT2D eigenvalue weighted by Gasteiger charge is 2.42. The Labute approximate surface area is 115 Å². The third kappa shape index (κ3) is 2.19. The van der Waals surface area contributed by atoms with Crippen molar-refractivity contribution in [3.63, 3.8) is 0 Å². The Morgan fingerprint density at radius 3 is 1.89 bits per heavy atom. The van der Waals surface area contributed by atoms with Gasteiger partial charge in [0.15, 0.2) is 0 Å². The van der Waals surface area contributed by atoms with Crippen molar-refractivity contribution in [2.75, 3.05) is 0 Å². The lowest BCUT2D eigenvalue weighted by molar-refractivity contribution is -0.0176. The topological polar surface area (TPSA) is 9.23 Å². The summed E-state index contributed by atoms with van der Waals surface area (Å²) in [5.41, 5.74) is 2.30. The Balaban J connectivity index is 2.07. The van der Waals surface area contributed by atoms with Gasteiger partial charge in [0.05, 0.1) is 6.10 Å². The van der Waals surface area contributed by atoms with Gasteiger partial charge in [-0.15, -0.1) is 0 Å². The van der Waals surface area contributed by atoms with Gasteiger partial charge in [-0.05, 0) is 30.4 Å². The van der Waals surface area contributed by atoms with Crippen molar-refractivity contribution >= 4 is 0 Å². The molecule has 1 aliphatic rings. The van der Waals surface area contributed by atoms with Gasteiger partial charge in [-0.25, -0.2) is 0 Å². The first-order valence-electron chi connectivity index (χ1n) is 7.14. The van der Waals surface area contributed by atoms with Gasteiger partial charge in [-0.2, -0.15) is 0 Å². The van der Waals surface area contributed by atoms with Crippen LogP contribution in [0.4, 0.5) is 0 Å². The predicted molar refractivity (Wildman–Crippen MR) is 78.1 cm³/mol. The molecule has 0 aliphatic carbocycles. The second-order valence-electron chi connectivity index (χ2n) is 5.25. The molecule has 1 fully saturated rings. The number of hydrogen-bond acceptors (Lipinski definition) is 1. The first-order chi connectivity index (χ1) is 9.35. The van der Waals surface area contributed by atoms with Gasteiger partial charge in [0.1, 0.15) is 5.60 Å². The van der Waals surface area contributed by atoms with Gasteiger partial charge in [0.25, 0.3) is 0 Å². The van der Waals surface area contributed by atoms with Crippen LogP contribution in [-0.4, -0.2) is 6.10 Å². The van der Waals surface area contributed by atoms with E-state index in [1.807, 2.05) is 0 Å². The molecule has 98 valence electrons. The Morgan fingerprint density at radius 1 is 0.947 bits per heavy atom. The number of benzene rings is 2. The third-order valence-corrected chi connectivity index (χ3v) is 4.12. The van der Waals surface area contributed by atoms with Crippen LogP contribution in [0.5, 0.6) is 0 Å². The Morgan fingerprint density at radius 2 is 1.47 bits per heavy atom. The molecule has 1 saturated heterocycles. The highest BCUT2D eigenvalue weighted by Crippen LogP contribution is 2.45. The van der Waals surface area contributed by atoms with E-state index < -0.39 is 0 Å². The SMILES string of the molecule is CCC1CCC(c2ccccc2)(c2ccccc2)O1. The van der Waals surface area contributed by atoms with E-state index in [1.165, 1.54) is 11.1 Å². The van der Waals surface area contributed by atoms with Crippen molar-refractivity contribution in [2.45, 2.75) is 37.9 Å². The summed E-state index contributed by atoms with van der Waals surface area (Å²) in [6.07, 6.45) is 3.67. The molecule has 19 heavy (non-hydrogen) atoms. The standard InChI is InChI=1S/C18H20O/c1-2-17-13-14-18(19-17,15-9-5-3-6-10-15)16-11-7-4-8-12-16/h3-12,17H,2,13-14H2,1H3. The fourth-order valence-corrected chi connectivity index (χ4v) is 3.06. The monoisotopic (exact) mass is 252 g/mol. The average Bonchev–Trinajstić information content (AvgIpc) is 2.95. The summed E-state index contributed by atoms with van der Waals surface area (Å²) >= 11 is 0. The van der Waals surface area contributed by atoms with Crippen molar-refractivity contribution in [1.29, 1.82) is 0 Å². The number of hydrogen-bond donors (Lipinski definition) is 0. The summed E-state index contributed by atoms with van der Waals surface area (Å²) in [7, 11) is 0. The van der Waals surface area contributed by atoms with E-state index in [1.54, 1.807) is 0 Å². The molecule has 0 bridgehead atoms. The number of ether oxygens (including phenoxy) is 1. The van der Waals surface area contributed by atoms with Crippen molar-refractivity contribution in [3.05, 3.63) is 71.8 Å². The van der Waals surface area contributed by atoms with Crippen LogP contribution in [0.15, 0.2) is 60.7 Å². The van der Waals surface area contributed by atoms with Crippen molar-refractivity contribution in [2.24, 2.45) is 0 Å². The fourth-order valence-electron chi connectivity index (χ4n) is 3.06. The maximum atomic E-state index is 6.47. The highest BCUT2D eigenvalue weighted by atomic mass is 16.5. The van der Waals surface area contributed by atoms with Gasteiger partial charge < -0.3 is 4.74 Å². The first-order valence-corrected chi connectivity index (χ1v) is 7.14. The van der Waals surface area contributed by atoms with Gasteiger partial charge >= 0.3 is 0 Å². The molecule has 1 heteroatoms. The lowest BCUT2D eigenvalue weighted by Gasteiger charge is -2.31. The summed E-state index contributed by atoms with van der Waals surface area (Å²) in [5.74, 6) is 0. The largest absolute Gasteiger partial charge is 0.362 e. The molecule has 1 atom stereocenters. The molecule has 3 rings (SSSR count). The van der Waals surface area contributed by atoms with Crippen LogP contribution < -0.4 is 0 Å². The minimum absolute atomic E-state index is 0.247. The molecule has 2 aromatic rings. The van der Waals surface area contributed by atoms with E-state index in [0.717, 1.165) is 19.3 Å². The van der Waals surface area contributed by atoms with E-state index in [4.69, 9.17) is 4.74 Å². The van der Waals surface area contributed by atoms with Gasteiger partial charge in [0, 0.05) is 0 Å². The molecule has 1 nitrogen and oxygen atoms in total. The number of rotatable bonds is 3. The van der Waals surface area contributed by atoms with Crippen molar-refractivity contribution < 1.29 is 4.74 Å². The summed E-state index contributed by atoms with van der Waals surface area (Å²) in [6.45, 7) is 2.21. The molecular formula is C18H20O. The second kappa shape index (κ2) is 5.18. The van der Waals surface area contributed by atoms with E-state index >= 15 is 0 Å². The first kappa shape index (κ1) is 12.4. The zero-order chi connectivity index (χ0) is 13.1. The molecule has 0 saturated carbocycles. The summed E-state index contributed by atoms with van der Waals surface area (Å²) < 4.78 is 6.47. The highest BCUT2D eigenvalue weighted by molar-refractivity contribution is 5.37. The third-order valence-electron chi connectivity index (χ3n) is 4.12. The van der Waals surface area contributed by atoms with Crippen LogP contribution in [-0.2, 0) is 10.3 Å². The molecular weight excluding hydrogens is 232 g/mol. The normalized spacial score (nSPS) is 21.4. The zero-order valence-corrected chi connectivity index (χ0v) is 11.4. The van der Waals surface area contributed by atoms with Crippen LogP contribution in [0, 0.1) is 0 Å². The van der Waals surface area contributed by atoms with Crippen LogP contribution in [0.3, 0.4) is 0 Å². The molecule has 0 N–H and O–H groups in total. The van der Waals surface area contributed by atoms with Crippen molar-refractivity contribution in [1.82, 2.24) is 0 Å². The molecule has 1 unspecified atom stereocenters. The van der Waals surface area contributed by atoms with Crippen LogP contribution in [0.2, 0.25) is 0 Å². The Hall–Kier alpha value is -1.60. The van der Waals surface area contributed by atoms with Crippen LogP contribution in [0.1, 0.15) is 37.3 Å². The summed E-state index contributed by atoms with van der Waals surface area (Å²) in [6, 6.07) is 21.3. The lowest BCUT2D eigenvalue weighted by Crippen LogP contribution is -2.27. The van der Waals surface area contributed by atoms with Crippen molar-refractivity contribution in [3.8, 4) is 0 Å². The van der Waals surface area contributed by atoms with Gasteiger partial charge in [-0.3, -0.25) is 0 Å². The minimum Gasteiger partial charge on any atom is -0.362 e. The molecule has 1 heterocycles. The van der Waals surface area contributed by atoms with E-state index in [0.29, 0.717) is 6.10 Å². The van der Waals surface area contributed by atoms with Gasteiger partial charge in [-0.1, -0.05) is 67.6 Å². The average molecular weight is 252 g/mol. The van der Waals surface area contributed by atoms with Crippen LogP contribution in [0.25, 0.3) is 0 Å². The molecule has 0 radical (unpaired) electrons. The molecule has 2 aromatic carbocycles. The van der Waals surface area contributed by atoms with E-state index in [2.05, 4.69) is 67.6 Å². The van der Waals surface area contributed by atoms with Crippen LogP contribution >= 0.6 is 0 Å². The summed E-state index contributed by atoms with van der Waals surface area (Å²) in [5, 5.41) is 0. The lowest BCUT2D eigenvalue weighted by atomic mass is 9.84. The van der Waals surface area contributed by atoms with Gasteiger partial charge in [0.2, 0.25) is 0 Å². The molecule has 0 amide bonds. The Bertz CT molecular complexity index is 478. The summed E-state index contributed by atoms with van der Waals surface area (Å²) in [4.78, 5) is 0. The molecule has 1 aliphatic heterocycles. The molecule has 0 spiro atoms. The zero-order valence-electron chi connectivity index (χ0n) is 11.4.